The van der Waals surface area contributed by atoms with Gasteiger partial charge in [-0.1, -0.05) is 0 Å². The molecule has 0 saturated heterocycles. The SMILES string of the molecule is COCCOCCOCCS(=O)c1cc(OC)ccc1N. The first-order chi connectivity index (χ1) is 10.2. The third kappa shape index (κ3) is 6.90. The van der Waals surface area contributed by atoms with E-state index in [4.69, 9.17) is 24.7 Å². The van der Waals surface area contributed by atoms with Gasteiger partial charge in [0, 0.05) is 12.8 Å². The van der Waals surface area contributed by atoms with Gasteiger partial charge < -0.3 is 24.7 Å². The summed E-state index contributed by atoms with van der Waals surface area (Å²) in [5.74, 6) is 1.02. The Labute approximate surface area is 128 Å². The van der Waals surface area contributed by atoms with Crippen molar-refractivity contribution in [2.24, 2.45) is 0 Å². The zero-order valence-corrected chi connectivity index (χ0v) is 13.3. The highest BCUT2D eigenvalue weighted by Crippen LogP contribution is 2.22. The van der Waals surface area contributed by atoms with Gasteiger partial charge in [-0.05, 0) is 18.2 Å². The number of rotatable bonds is 11. The highest BCUT2D eigenvalue weighted by Gasteiger charge is 2.09. The largest absolute Gasteiger partial charge is 0.497 e. The lowest BCUT2D eigenvalue weighted by molar-refractivity contribution is 0.0285. The predicted octanol–water partition coefficient (Wildman–Crippen LogP) is 1.06. The van der Waals surface area contributed by atoms with Crippen molar-refractivity contribution in [2.75, 3.05) is 58.7 Å². The number of benzene rings is 1. The first-order valence-corrected chi connectivity index (χ1v) is 7.97. The van der Waals surface area contributed by atoms with Crippen molar-refractivity contribution in [3.63, 3.8) is 0 Å². The molecule has 0 heterocycles. The first kappa shape index (κ1) is 17.9. The topological polar surface area (TPSA) is 80.0 Å². The van der Waals surface area contributed by atoms with E-state index in [0.717, 1.165) is 0 Å². The van der Waals surface area contributed by atoms with Gasteiger partial charge in [0.2, 0.25) is 0 Å². The van der Waals surface area contributed by atoms with E-state index in [9.17, 15) is 4.21 Å². The minimum atomic E-state index is -1.21. The molecule has 1 rings (SSSR count). The minimum absolute atomic E-state index is 0.384. The number of methoxy groups -OCH3 is 2. The average Bonchev–Trinajstić information content (AvgIpc) is 2.50. The van der Waals surface area contributed by atoms with Gasteiger partial charge in [-0.25, -0.2) is 0 Å². The number of nitrogen functional groups attached to an aromatic ring is 1. The predicted molar refractivity (Wildman–Crippen MR) is 82.2 cm³/mol. The van der Waals surface area contributed by atoms with Crippen molar-refractivity contribution >= 4 is 16.5 Å². The maximum Gasteiger partial charge on any atom is 0.120 e. The van der Waals surface area contributed by atoms with Crippen molar-refractivity contribution in [2.45, 2.75) is 4.90 Å². The number of hydrogen-bond acceptors (Lipinski definition) is 6. The summed E-state index contributed by atoms with van der Waals surface area (Å²) in [6, 6.07) is 5.12. The Morgan fingerprint density at radius 1 is 1.05 bits per heavy atom. The van der Waals surface area contributed by atoms with Crippen molar-refractivity contribution < 1.29 is 23.2 Å². The van der Waals surface area contributed by atoms with E-state index in [1.54, 1.807) is 32.4 Å². The van der Waals surface area contributed by atoms with E-state index in [1.807, 2.05) is 0 Å². The molecule has 0 amide bonds. The quantitative estimate of drug-likeness (QED) is 0.486. The molecule has 0 aliphatic carbocycles. The summed E-state index contributed by atoms with van der Waals surface area (Å²) >= 11 is 0. The number of hydrogen-bond donors (Lipinski definition) is 1. The fourth-order valence-electron chi connectivity index (χ4n) is 1.55. The first-order valence-electron chi connectivity index (χ1n) is 6.65. The monoisotopic (exact) mass is 317 g/mol. The standard InChI is InChI=1S/C14H23NO5S/c1-17-5-6-19-7-8-20-9-10-21(16)14-11-12(18-2)3-4-13(14)15/h3-4,11H,5-10,15H2,1-2H3. The van der Waals surface area contributed by atoms with E-state index >= 15 is 0 Å². The number of nitrogens with two attached hydrogens (primary N) is 1. The third-order valence-corrected chi connectivity index (χ3v) is 4.06. The fraction of sp³-hybridized carbons (Fsp3) is 0.571. The van der Waals surface area contributed by atoms with Crippen LogP contribution in [0.5, 0.6) is 5.75 Å². The Bertz CT molecular complexity index is 441. The summed E-state index contributed by atoms with van der Waals surface area (Å²) in [7, 11) is 1.98. The zero-order valence-electron chi connectivity index (χ0n) is 12.5. The molecule has 1 aromatic rings. The minimum Gasteiger partial charge on any atom is -0.497 e. The molecule has 1 unspecified atom stereocenters. The lowest BCUT2D eigenvalue weighted by Crippen LogP contribution is -2.12. The molecular formula is C14H23NO5S. The zero-order chi connectivity index (χ0) is 15.5. The van der Waals surface area contributed by atoms with E-state index in [1.165, 1.54) is 0 Å². The van der Waals surface area contributed by atoms with Crippen molar-refractivity contribution in [3.05, 3.63) is 18.2 Å². The van der Waals surface area contributed by atoms with Crippen molar-refractivity contribution in [1.82, 2.24) is 0 Å². The van der Waals surface area contributed by atoms with Crippen LogP contribution < -0.4 is 10.5 Å². The van der Waals surface area contributed by atoms with Gasteiger partial charge in [-0.15, -0.1) is 0 Å². The van der Waals surface area contributed by atoms with E-state index < -0.39 is 10.8 Å². The summed E-state index contributed by atoms with van der Waals surface area (Å²) in [6.07, 6.45) is 0. The molecular weight excluding hydrogens is 294 g/mol. The average molecular weight is 317 g/mol. The van der Waals surface area contributed by atoms with E-state index in [0.29, 0.717) is 55.1 Å². The van der Waals surface area contributed by atoms with Crippen LogP contribution >= 0.6 is 0 Å². The van der Waals surface area contributed by atoms with Gasteiger partial charge >= 0.3 is 0 Å². The molecule has 7 heteroatoms. The maximum absolute atomic E-state index is 12.2. The molecule has 0 radical (unpaired) electrons. The van der Waals surface area contributed by atoms with Gasteiger partial charge in [-0.2, -0.15) is 0 Å². The Morgan fingerprint density at radius 2 is 1.71 bits per heavy atom. The molecule has 21 heavy (non-hydrogen) atoms. The Kier molecular flexibility index (Phi) is 9.00. The Morgan fingerprint density at radius 3 is 2.38 bits per heavy atom. The van der Waals surface area contributed by atoms with Gasteiger partial charge in [0.1, 0.15) is 5.75 Å². The van der Waals surface area contributed by atoms with Gasteiger partial charge in [0.25, 0.3) is 0 Å². The second-order valence-electron chi connectivity index (χ2n) is 4.17. The second-order valence-corrected chi connectivity index (χ2v) is 5.71. The molecule has 0 aliphatic rings. The van der Waals surface area contributed by atoms with Crippen LogP contribution in [0.15, 0.2) is 23.1 Å². The molecule has 0 spiro atoms. The number of anilines is 1. The Balaban J connectivity index is 2.25. The molecule has 0 aliphatic heterocycles. The molecule has 0 aromatic heterocycles. The van der Waals surface area contributed by atoms with E-state index in [2.05, 4.69) is 0 Å². The lowest BCUT2D eigenvalue weighted by atomic mass is 10.3. The molecule has 0 fully saturated rings. The molecule has 1 aromatic carbocycles. The normalized spacial score (nSPS) is 12.3. The van der Waals surface area contributed by atoms with Crippen LogP contribution in [0.25, 0.3) is 0 Å². The highest BCUT2D eigenvalue weighted by molar-refractivity contribution is 7.85. The molecule has 2 N–H and O–H groups in total. The van der Waals surface area contributed by atoms with Gasteiger partial charge in [0.15, 0.2) is 0 Å². The summed E-state index contributed by atoms with van der Waals surface area (Å²) in [6.45, 7) is 2.47. The van der Waals surface area contributed by atoms with Crippen LogP contribution in [0.4, 0.5) is 5.69 Å². The molecule has 6 nitrogen and oxygen atoms in total. The van der Waals surface area contributed by atoms with Crippen LogP contribution in [-0.2, 0) is 25.0 Å². The summed E-state index contributed by atoms with van der Waals surface area (Å²) in [5, 5.41) is 0. The molecule has 1 atom stereocenters. The smallest absolute Gasteiger partial charge is 0.120 e. The molecule has 120 valence electrons. The summed E-state index contributed by atoms with van der Waals surface area (Å²) < 4.78 is 32.7. The van der Waals surface area contributed by atoms with Crippen LogP contribution in [0, 0.1) is 0 Å². The fourth-order valence-corrected chi connectivity index (χ4v) is 2.62. The molecule has 0 saturated carbocycles. The highest BCUT2D eigenvalue weighted by atomic mass is 32.2. The van der Waals surface area contributed by atoms with E-state index in [-0.39, 0.29) is 0 Å². The van der Waals surface area contributed by atoms with Crippen LogP contribution in [-0.4, -0.2) is 57.2 Å². The third-order valence-electron chi connectivity index (χ3n) is 2.68. The second kappa shape index (κ2) is 10.6. The lowest BCUT2D eigenvalue weighted by Gasteiger charge is -2.09. The van der Waals surface area contributed by atoms with Gasteiger partial charge in [0.05, 0.1) is 61.6 Å². The van der Waals surface area contributed by atoms with Crippen LogP contribution in [0.1, 0.15) is 0 Å². The van der Waals surface area contributed by atoms with Crippen LogP contribution in [0.3, 0.4) is 0 Å². The van der Waals surface area contributed by atoms with Crippen LogP contribution in [0.2, 0.25) is 0 Å². The molecule has 0 bridgehead atoms. The summed E-state index contributed by atoms with van der Waals surface area (Å²) in [4.78, 5) is 0.578. The number of ether oxygens (including phenoxy) is 4. The van der Waals surface area contributed by atoms with Gasteiger partial charge in [-0.3, -0.25) is 4.21 Å². The Hall–Kier alpha value is -1.15. The van der Waals surface area contributed by atoms with Crippen molar-refractivity contribution in [3.8, 4) is 5.75 Å². The van der Waals surface area contributed by atoms with Crippen molar-refractivity contribution in [1.29, 1.82) is 0 Å². The summed E-state index contributed by atoms with van der Waals surface area (Å²) in [5.41, 5.74) is 6.32. The maximum atomic E-state index is 12.2.